The lowest BCUT2D eigenvalue weighted by atomic mass is 9.77. The molecule has 1 aromatic rings. The molecule has 1 heterocycles. The summed E-state index contributed by atoms with van der Waals surface area (Å²) in [6.45, 7) is 4.57. The summed E-state index contributed by atoms with van der Waals surface area (Å²) in [5, 5.41) is 12.0. The van der Waals surface area contributed by atoms with Crippen molar-refractivity contribution in [2.75, 3.05) is 19.7 Å². The van der Waals surface area contributed by atoms with Crippen LogP contribution in [0, 0.1) is 11.8 Å². The highest BCUT2D eigenvalue weighted by atomic mass is 35.5. The Hall–Kier alpha value is -1.86. The monoisotopic (exact) mass is 430 g/mol. The Labute approximate surface area is 174 Å². The van der Waals surface area contributed by atoms with Crippen molar-refractivity contribution in [3.05, 3.63) is 41.1 Å². The summed E-state index contributed by atoms with van der Waals surface area (Å²) in [5.74, 6) is 0.748. The third-order valence-corrected chi connectivity index (χ3v) is 5.90. The van der Waals surface area contributed by atoms with Gasteiger partial charge in [-0.15, -0.1) is 0 Å². The average Bonchev–Trinajstić information content (AvgIpc) is 3.15. The summed E-state index contributed by atoms with van der Waals surface area (Å²) in [5.41, 5.74) is 4.42. The molecule has 2 N–H and O–H groups in total. The van der Waals surface area contributed by atoms with E-state index < -0.39 is 12.6 Å². The van der Waals surface area contributed by atoms with Crippen molar-refractivity contribution in [1.82, 2.24) is 10.4 Å². The average molecular weight is 431 g/mol. The van der Waals surface area contributed by atoms with Gasteiger partial charge in [-0.2, -0.15) is 13.2 Å². The molecule has 2 atom stereocenters. The van der Waals surface area contributed by atoms with Gasteiger partial charge < -0.3 is 14.9 Å². The predicted octanol–water partition coefficient (Wildman–Crippen LogP) is 5.53. The van der Waals surface area contributed by atoms with Gasteiger partial charge in [0.25, 0.3) is 0 Å². The maximum absolute atomic E-state index is 12.7. The lowest BCUT2D eigenvalue weighted by Crippen LogP contribution is -2.39. The fourth-order valence-electron chi connectivity index (χ4n) is 4.14. The van der Waals surface area contributed by atoms with E-state index in [4.69, 9.17) is 16.3 Å². The van der Waals surface area contributed by atoms with Crippen molar-refractivity contribution in [2.45, 2.75) is 38.3 Å². The fourth-order valence-corrected chi connectivity index (χ4v) is 4.30. The molecule has 4 nitrogen and oxygen atoms in total. The van der Waals surface area contributed by atoms with E-state index in [1.54, 1.807) is 17.1 Å². The third-order valence-electron chi connectivity index (χ3n) is 5.60. The van der Waals surface area contributed by atoms with E-state index in [0.717, 1.165) is 31.4 Å². The fraction of sp³-hybridized carbons (Fsp3) is 0.524. The zero-order valence-electron chi connectivity index (χ0n) is 16.1. The molecule has 0 aromatic heterocycles. The Morgan fingerprint density at radius 1 is 1.31 bits per heavy atom. The maximum atomic E-state index is 12.7. The number of hydrogen-bond donors (Lipinski definition) is 2. The number of alkyl halides is 3. The second-order valence-corrected chi connectivity index (χ2v) is 7.89. The quantitative estimate of drug-likeness (QED) is 0.597. The molecule has 1 aromatic carbocycles. The van der Waals surface area contributed by atoms with Crippen LogP contribution in [-0.2, 0) is 0 Å². The van der Waals surface area contributed by atoms with Crippen LogP contribution in [-0.4, -0.2) is 36.0 Å². The lowest BCUT2D eigenvalue weighted by Gasteiger charge is -2.36. The van der Waals surface area contributed by atoms with Gasteiger partial charge in [0.1, 0.15) is 11.5 Å². The highest BCUT2D eigenvalue weighted by molar-refractivity contribution is 6.32. The molecule has 2 unspecified atom stereocenters. The molecule has 1 saturated carbocycles. The van der Waals surface area contributed by atoms with Crippen molar-refractivity contribution in [2.24, 2.45) is 11.8 Å². The molecule has 160 valence electrons. The number of aromatic hydroxyl groups is 1. The minimum Gasteiger partial charge on any atom is -0.506 e. The standard InChI is InChI=1S/C21H26ClF3N2O2/c1-2-15-19(8-7-17(22)20(15)28)29-13-14-5-3-4-6-16(14)18-9-11-26-27(18)12-10-21(23,24)25/h2,7-9,14,16,26,28H,1,3-6,10-13H2. The molecule has 1 aliphatic heterocycles. The van der Waals surface area contributed by atoms with E-state index in [-0.39, 0.29) is 29.2 Å². The van der Waals surface area contributed by atoms with Crippen LogP contribution >= 0.6 is 11.6 Å². The number of phenolic OH excluding ortho intramolecular Hbond substituents is 1. The molecule has 0 radical (unpaired) electrons. The van der Waals surface area contributed by atoms with Gasteiger partial charge in [-0.05, 0) is 31.1 Å². The molecule has 1 aliphatic carbocycles. The van der Waals surface area contributed by atoms with E-state index in [9.17, 15) is 18.3 Å². The van der Waals surface area contributed by atoms with Crippen LogP contribution in [0.5, 0.6) is 11.5 Å². The van der Waals surface area contributed by atoms with Crippen molar-refractivity contribution in [3.63, 3.8) is 0 Å². The van der Waals surface area contributed by atoms with Crippen molar-refractivity contribution < 1.29 is 23.0 Å². The summed E-state index contributed by atoms with van der Waals surface area (Å²) in [6, 6.07) is 3.27. The van der Waals surface area contributed by atoms with Crippen LogP contribution in [0.4, 0.5) is 13.2 Å². The van der Waals surface area contributed by atoms with E-state index in [0.29, 0.717) is 24.5 Å². The molecular formula is C21H26ClF3N2O2. The Bertz CT molecular complexity index is 767. The van der Waals surface area contributed by atoms with Gasteiger partial charge >= 0.3 is 6.18 Å². The minimum absolute atomic E-state index is 0.0691. The summed E-state index contributed by atoms with van der Waals surface area (Å²) < 4.78 is 44.0. The van der Waals surface area contributed by atoms with E-state index in [1.165, 1.54) is 6.08 Å². The largest absolute Gasteiger partial charge is 0.506 e. The topological polar surface area (TPSA) is 44.7 Å². The summed E-state index contributed by atoms with van der Waals surface area (Å²) in [4.78, 5) is 0. The van der Waals surface area contributed by atoms with Gasteiger partial charge in [-0.1, -0.05) is 37.1 Å². The van der Waals surface area contributed by atoms with Crippen molar-refractivity contribution in [3.8, 4) is 11.5 Å². The molecule has 0 saturated heterocycles. The van der Waals surface area contributed by atoms with Gasteiger partial charge in [0.05, 0.1) is 23.6 Å². The van der Waals surface area contributed by atoms with Gasteiger partial charge in [-0.25, -0.2) is 5.43 Å². The molecular weight excluding hydrogens is 405 g/mol. The number of halogens is 4. The molecule has 0 bridgehead atoms. The first kappa shape index (κ1) is 21.8. The van der Waals surface area contributed by atoms with Gasteiger partial charge in [-0.3, -0.25) is 0 Å². The van der Waals surface area contributed by atoms with E-state index in [2.05, 4.69) is 12.0 Å². The van der Waals surface area contributed by atoms with Crippen LogP contribution in [0.15, 0.2) is 30.5 Å². The lowest BCUT2D eigenvalue weighted by molar-refractivity contribution is -0.138. The SMILES string of the molecule is C=Cc1c(OCC2CCCCC2C2=CCNN2CCC(F)(F)F)ccc(Cl)c1O. The maximum Gasteiger partial charge on any atom is 0.390 e. The first-order chi connectivity index (χ1) is 13.8. The van der Waals surface area contributed by atoms with Crippen LogP contribution in [0.3, 0.4) is 0 Å². The van der Waals surface area contributed by atoms with Crippen LogP contribution in [0.1, 0.15) is 37.7 Å². The van der Waals surface area contributed by atoms with Crippen LogP contribution < -0.4 is 10.2 Å². The Kier molecular flexibility index (Phi) is 7.01. The first-order valence-corrected chi connectivity index (χ1v) is 10.2. The molecule has 29 heavy (non-hydrogen) atoms. The van der Waals surface area contributed by atoms with E-state index >= 15 is 0 Å². The second-order valence-electron chi connectivity index (χ2n) is 7.48. The first-order valence-electron chi connectivity index (χ1n) is 9.84. The second kappa shape index (κ2) is 9.30. The van der Waals surface area contributed by atoms with Gasteiger partial charge in [0, 0.05) is 30.6 Å². The number of rotatable bonds is 7. The zero-order valence-corrected chi connectivity index (χ0v) is 16.9. The molecule has 2 aliphatic rings. The third kappa shape index (κ3) is 5.39. The Morgan fingerprint density at radius 3 is 2.79 bits per heavy atom. The zero-order chi connectivity index (χ0) is 21.0. The molecule has 0 amide bonds. The number of hydrogen-bond acceptors (Lipinski definition) is 4. The number of ether oxygens (including phenoxy) is 1. The summed E-state index contributed by atoms with van der Waals surface area (Å²) in [7, 11) is 0. The van der Waals surface area contributed by atoms with Crippen molar-refractivity contribution >= 4 is 17.7 Å². The highest BCUT2D eigenvalue weighted by Crippen LogP contribution is 2.40. The number of phenols is 1. The molecule has 1 fully saturated rings. The highest BCUT2D eigenvalue weighted by Gasteiger charge is 2.35. The number of benzene rings is 1. The Morgan fingerprint density at radius 2 is 2.07 bits per heavy atom. The van der Waals surface area contributed by atoms with E-state index in [1.807, 2.05) is 6.08 Å². The summed E-state index contributed by atoms with van der Waals surface area (Å²) >= 11 is 5.95. The van der Waals surface area contributed by atoms with Gasteiger partial charge in [0.2, 0.25) is 0 Å². The molecule has 8 heteroatoms. The normalized spacial score (nSPS) is 22.5. The van der Waals surface area contributed by atoms with Crippen LogP contribution in [0.2, 0.25) is 5.02 Å². The summed E-state index contributed by atoms with van der Waals surface area (Å²) in [6.07, 6.45) is 2.43. The van der Waals surface area contributed by atoms with Crippen molar-refractivity contribution in [1.29, 1.82) is 0 Å². The smallest absolute Gasteiger partial charge is 0.390 e. The number of hydrazine groups is 1. The minimum atomic E-state index is -4.18. The number of nitrogens with zero attached hydrogens (tertiary/aromatic N) is 1. The van der Waals surface area contributed by atoms with Crippen LogP contribution in [0.25, 0.3) is 6.08 Å². The molecule has 3 rings (SSSR count). The Balaban J connectivity index is 1.69. The number of allylic oxidation sites excluding steroid dienone is 1. The predicted molar refractivity (Wildman–Crippen MR) is 108 cm³/mol. The van der Waals surface area contributed by atoms with Gasteiger partial charge in [0.15, 0.2) is 0 Å². The number of nitrogens with one attached hydrogen (secondary N) is 1. The molecule has 0 spiro atoms.